The van der Waals surface area contributed by atoms with Crippen LogP contribution in [0.2, 0.25) is 0 Å². The van der Waals surface area contributed by atoms with Crippen LogP contribution in [0, 0.1) is 5.92 Å². The number of benzene rings is 5. The van der Waals surface area contributed by atoms with E-state index in [4.69, 9.17) is 4.74 Å². The summed E-state index contributed by atoms with van der Waals surface area (Å²) in [6, 6.07) is 41.7. The summed E-state index contributed by atoms with van der Waals surface area (Å²) < 4.78 is 6.55. The lowest BCUT2D eigenvalue weighted by Gasteiger charge is -2.37. The van der Waals surface area contributed by atoms with Gasteiger partial charge in [-0.15, -0.1) is 0 Å². The maximum absolute atomic E-state index is 15.1. The summed E-state index contributed by atoms with van der Waals surface area (Å²) in [5, 5.41) is 3.07. The lowest BCUT2D eigenvalue weighted by Crippen LogP contribution is -2.51. The van der Waals surface area contributed by atoms with Gasteiger partial charge in [-0.05, 0) is 34.4 Å². The van der Waals surface area contributed by atoms with Gasteiger partial charge >= 0.3 is 5.97 Å². The highest BCUT2D eigenvalue weighted by Crippen LogP contribution is 2.58. The summed E-state index contributed by atoms with van der Waals surface area (Å²) in [6.45, 7) is 0. The molecule has 5 aromatic rings. The Labute approximate surface area is 267 Å². The van der Waals surface area contributed by atoms with Gasteiger partial charge in [0.15, 0.2) is 11.9 Å². The normalized spacial score (nSPS) is 22.2. The number of nitrogens with zero attached hydrogens (tertiary/aromatic N) is 1. The van der Waals surface area contributed by atoms with Crippen molar-refractivity contribution >= 4 is 35.1 Å². The molecule has 6 heteroatoms. The minimum absolute atomic E-state index is 0.248. The Bertz CT molecular complexity index is 1950. The van der Waals surface area contributed by atoms with Gasteiger partial charge in [-0.25, -0.2) is 0 Å². The molecule has 1 saturated heterocycles. The first-order valence-corrected chi connectivity index (χ1v) is 15.4. The monoisotopic (exact) mass is 602 g/mol. The number of ketones is 1. The number of anilines is 2. The first-order valence-electron chi connectivity index (χ1n) is 15.4. The zero-order chi connectivity index (χ0) is 31.3. The SMILES string of the molecule is O=C(c1ccccc1)[C@H]1[C@H](C(=O)OC(c2ccccc2)c2ccccc2)[C@@]2(C(=O)Nc3ccccc32)[C@H]2C=Cc3ccccc3N12. The van der Waals surface area contributed by atoms with Gasteiger partial charge in [-0.1, -0.05) is 140 Å². The summed E-state index contributed by atoms with van der Waals surface area (Å²) in [6.07, 6.45) is 3.20. The topological polar surface area (TPSA) is 75.7 Å². The number of amides is 1. The first kappa shape index (κ1) is 27.8. The molecule has 0 unspecified atom stereocenters. The van der Waals surface area contributed by atoms with Crippen LogP contribution in [-0.2, 0) is 19.7 Å². The number of fused-ring (bicyclic) bond motifs is 6. The number of rotatable bonds is 6. The second-order valence-corrected chi connectivity index (χ2v) is 11.9. The van der Waals surface area contributed by atoms with E-state index in [1.54, 1.807) is 12.1 Å². The van der Waals surface area contributed by atoms with Gasteiger partial charge in [0, 0.05) is 16.9 Å². The zero-order valence-corrected chi connectivity index (χ0v) is 24.8. The van der Waals surface area contributed by atoms with E-state index in [1.807, 2.05) is 144 Å². The van der Waals surface area contributed by atoms with Crippen molar-refractivity contribution in [3.63, 3.8) is 0 Å². The van der Waals surface area contributed by atoms with E-state index in [9.17, 15) is 9.59 Å². The van der Waals surface area contributed by atoms with Crippen molar-refractivity contribution in [3.05, 3.63) is 173 Å². The Balaban J connectivity index is 1.36. The van der Waals surface area contributed by atoms with Crippen LogP contribution in [0.25, 0.3) is 6.08 Å². The largest absolute Gasteiger partial charge is 0.452 e. The lowest BCUT2D eigenvalue weighted by molar-refractivity contribution is -0.156. The molecule has 1 amide bonds. The predicted octanol–water partition coefficient (Wildman–Crippen LogP) is 6.99. The Kier molecular flexibility index (Phi) is 6.64. The van der Waals surface area contributed by atoms with E-state index in [0.717, 1.165) is 22.4 Å². The standard InChI is InChI=1S/C40H30N2O4/c43-36(27-15-4-1-5-16-27)35-34(38(44)46-37(28-17-6-2-7-18-28)29-19-8-3-9-20-29)40(30-21-11-12-22-31(30)41-39(40)45)33-25-24-26-14-10-13-23-32(26)42(33)35/h1-25,33-35,37H,(H,41,45)/t33-,34-,35-,40+/m1/s1. The Morgan fingerprint density at radius 1 is 0.717 bits per heavy atom. The van der Waals surface area contributed by atoms with Crippen LogP contribution < -0.4 is 10.2 Å². The molecule has 3 aliphatic rings. The van der Waals surface area contributed by atoms with Crippen molar-refractivity contribution in [1.82, 2.24) is 0 Å². The summed E-state index contributed by atoms with van der Waals surface area (Å²) in [4.78, 5) is 46.5. The molecule has 0 aromatic heterocycles. The average molecular weight is 603 g/mol. The number of hydrogen-bond acceptors (Lipinski definition) is 5. The maximum Gasteiger partial charge on any atom is 0.314 e. The van der Waals surface area contributed by atoms with Gasteiger partial charge in [-0.3, -0.25) is 14.4 Å². The zero-order valence-electron chi connectivity index (χ0n) is 24.8. The molecule has 8 rings (SSSR count). The minimum atomic E-state index is -1.44. The highest BCUT2D eigenvalue weighted by atomic mass is 16.5. The molecular formula is C40H30N2O4. The van der Waals surface area contributed by atoms with Gasteiger partial charge < -0.3 is 15.0 Å². The highest BCUT2D eigenvalue weighted by Gasteiger charge is 2.71. The van der Waals surface area contributed by atoms with Crippen LogP contribution in [0.1, 0.15) is 38.7 Å². The molecule has 0 radical (unpaired) electrons. The van der Waals surface area contributed by atoms with Crippen molar-refractivity contribution < 1.29 is 19.1 Å². The van der Waals surface area contributed by atoms with Crippen LogP contribution in [0.4, 0.5) is 11.4 Å². The summed E-state index contributed by atoms with van der Waals surface area (Å²) in [5.41, 5.74) is 3.62. The quantitative estimate of drug-likeness (QED) is 0.168. The van der Waals surface area contributed by atoms with E-state index in [1.165, 1.54) is 0 Å². The molecule has 6 nitrogen and oxygen atoms in total. The van der Waals surface area contributed by atoms with Crippen molar-refractivity contribution in [2.45, 2.75) is 23.6 Å². The predicted molar refractivity (Wildman–Crippen MR) is 177 cm³/mol. The molecule has 3 heterocycles. The minimum Gasteiger partial charge on any atom is -0.452 e. The molecule has 224 valence electrons. The summed E-state index contributed by atoms with van der Waals surface area (Å²) >= 11 is 0. The highest BCUT2D eigenvalue weighted by molar-refractivity contribution is 6.15. The number of ether oxygens (including phenoxy) is 1. The van der Waals surface area contributed by atoms with Crippen LogP contribution in [0.15, 0.2) is 146 Å². The number of esters is 1. The maximum atomic E-state index is 15.1. The fourth-order valence-corrected chi connectivity index (χ4v) is 7.63. The summed E-state index contributed by atoms with van der Waals surface area (Å²) in [7, 11) is 0. The van der Waals surface area contributed by atoms with Crippen LogP contribution >= 0.6 is 0 Å². The number of carbonyl (C=O) groups is 3. The first-order chi connectivity index (χ1) is 22.6. The molecular weight excluding hydrogens is 572 g/mol. The third-order valence-electron chi connectivity index (χ3n) is 9.56. The van der Waals surface area contributed by atoms with Gasteiger partial charge in [-0.2, -0.15) is 0 Å². The smallest absolute Gasteiger partial charge is 0.314 e. The molecule has 1 spiro atoms. The van der Waals surface area contributed by atoms with Gasteiger partial charge in [0.05, 0.1) is 6.04 Å². The van der Waals surface area contributed by atoms with E-state index in [2.05, 4.69) is 5.32 Å². The number of nitrogens with one attached hydrogen (secondary N) is 1. The fourth-order valence-electron chi connectivity index (χ4n) is 7.63. The second-order valence-electron chi connectivity index (χ2n) is 11.9. The van der Waals surface area contributed by atoms with Gasteiger partial charge in [0.25, 0.3) is 0 Å². The fraction of sp³-hybridized carbons (Fsp3) is 0.125. The van der Waals surface area contributed by atoms with Crippen molar-refractivity contribution in [2.75, 3.05) is 10.2 Å². The van der Waals surface area contributed by atoms with Crippen LogP contribution in [-0.4, -0.2) is 29.7 Å². The lowest BCUT2D eigenvalue weighted by atomic mass is 9.66. The Morgan fingerprint density at radius 2 is 1.30 bits per heavy atom. The molecule has 0 aliphatic carbocycles. The van der Waals surface area contributed by atoms with Crippen LogP contribution in [0.3, 0.4) is 0 Å². The third kappa shape index (κ3) is 4.14. The number of para-hydroxylation sites is 2. The molecule has 0 bridgehead atoms. The average Bonchev–Trinajstić information content (AvgIpc) is 3.60. The molecule has 1 fully saturated rings. The van der Waals surface area contributed by atoms with E-state index >= 15 is 4.79 Å². The van der Waals surface area contributed by atoms with E-state index < -0.39 is 35.5 Å². The number of carbonyl (C=O) groups excluding carboxylic acids is 3. The van der Waals surface area contributed by atoms with E-state index in [0.29, 0.717) is 16.8 Å². The van der Waals surface area contributed by atoms with E-state index in [-0.39, 0.29) is 11.7 Å². The molecule has 4 atom stereocenters. The third-order valence-corrected chi connectivity index (χ3v) is 9.56. The van der Waals surface area contributed by atoms with Crippen molar-refractivity contribution in [1.29, 1.82) is 0 Å². The molecule has 5 aromatic carbocycles. The molecule has 0 saturated carbocycles. The molecule has 46 heavy (non-hydrogen) atoms. The van der Waals surface area contributed by atoms with Gasteiger partial charge in [0.1, 0.15) is 17.4 Å². The Morgan fingerprint density at radius 3 is 2.00 bits per heavy atom. The molecule has 3 aliphatic heterocycles. The second kappa shape index (κ2) is 11.0. The van der Waals surface area contributed by atoms with Crippen molar-refractivity contribution in [3.8, 4) is 0 Å². The Hall–Kier alpha value is -5.75. The molecule has 1 N–H and O–H groups in total. The summed E-state index contributed by atoms with van der Waals surface area (Å²) in [5.74, 6) is -2.37. The van der Waals surface area contributed by atoms with Gasteiger partial charge in [0.2, 0.25) is 5.91 Å². The van der Waals surface area contributed by atoms with Crippen LogP contribution in [0.5, 0.6) is 0 Å². The van der Waals surface area contributed by atoms with Crippen molar-refractivity contribution in [2.24, 2.45) is 5.92 Å². The number of Topliss-reactive ketones (excluding diaryl/α,β-unsaturated/α-hetero) is 1. The number of hydrogen-bond donors (Lipinski definition) is 1.